The van der Waals surface area contributed by atoms with Crippen molar-refractivity contribution in [3.8, 4) is 0 Å². The second kappa shape index (κ2) is 12.1. The van der Waals surface area contributed by atoms with Crippen molar-refractivity contribution in [2.24, 2.45) is 16.2 Å². The van der Waals surface area contributed by atoms with Crippen molar-refractivity contribution in [2.75, 3.05) is 0 Å². The third-order valence-electron chi connectivity index (χ3n) is 8.00. The Labute approximate surface area is 180 Å². The minimum Gasteiger partial charge on any atom is -0.392 e. The fourth-order valence-corrected chi connectivity index (χ4v) is 6.09. The van der Waals surface area contributed by atoms with Crippen LogP contribution in [-0.4, -0.2) is 11.9 Å². The summed E-state index contributed by atoms with van der Waals surface area (Å²) in [5, 5.41) is 0. The minimum absolute atomic E-state index is 0.203. The first kappa shape index (κ1) is 26.2. The number of carbonyl (C=O) groups is 2. The predicted octanol–water partition coefficient (Wildman–Crippen LogP) is 8.00. The number of rotatable bonds is 15. The molecule has 0 aromatic rings. The third-order valence-corrected chi connectivity index (χ3v) is 8.00. The molecule has 29 heavy (non-hydrogen) atoms. The second-order valence-corrected chi connectivity index (χ2v) is 9.65. The summed E-state index contributed by atoms with van der Waals surface area (Å²) >= 11 is 0. The van der Waals surface area contributed by atoms with Gasteiger partial charge in [-0.3, -0.25) is 9.59 Å². The van der Waals surface area contributed by atoms with Gasteiger partial charge in [-0.15, -0.1) is 0 Å². The monoisotopic (exact) mass is 408 g/mol. The summed E-state index contributed by atoms with van der Waals surface area (Å²) in [6.07, 6.45) is 15.5. The SMILES string of the molecule is CCCCCCC1(CCCCC)C(=O)OC(=O)C(C)(CC)C1(CCC)CCCC. The van der Waals surface area contributed by atoms with Crippen LogP contribution in [0, 0.1) is 16.2 Å². The summed E-state index contributed by atoms with van der Waals surface area (Å²) in [7, 11) is 0. The quantitative estimate of drug-likeness (QED) is 0.157. The molecule has 0 aromatic carbocycles. The molecule has 0 bridgehead atoms. The normalized spacial score (nSPS) is 29.9. The maximum atomic E-state index is 13.6. The van der Waals surface area contributed by atoms with Gasteiger partial charge in [0.1, 0.15) is 0 Å². The Morgan fingerprint density at radius 2 is 1.17 bits per heavy atom. The Balaban J connectivity index is 3.56. The van der Waals surface area contributed by atoms with E-state index in [2.05, 4.69) is 41.5 Å². The Hall–Kier alpha value is -0.860. The topological polar surface area (TPSA) is 43.4 Å². The minimum atomic E-state index is -0.580. The fraction of sp³-hybridized carbons (Fsp3) is 0.923. The molecule has 1 aliphatic heterocycles. The average molecular weight is 409 g/mol. The van der Waals surface area contributed by atoms with Gasteiger partial charge in [0.2, 0.25) is 0 Å². The van der Waals surface area contributed by atoms with Crippen molar-refractivity contribution in [2.45, 2.75) is 138 Å². The van der Waals surface area contributed by atoms with Crippen LogP contribution in [0.3, 0.4) is 0 Å². The first-order valence-electron chi connectivity index (χ1n) is 12.6. The molecule has 3 atom stereocenters. The van der Waals surface area contributed by atoms with Crippen molar-refractivity contribution in [1.82, 2.24) is 0 Å². The molecule has 3 nitrogen and oxygen atoms in total. The average Bonchev–Trinajstić information content (AvgIpc) is 2.71. The van der Waals surface area contributed by atoms with Crippen LogP contribution >= 0.6 is 0 Å². The van der Waals surface area contributed by atoms with Crippen molar-refractivity contribution >= 4 is 11.9 Å². The zero-order chi connectivity index (χ0) is 22.0. The molecule has 170 valence electrons. The van der Waals surface area contributed by atoms with Gasteiger partial charge >= 0.3 is 11.9 Å². The summed E-state index contributed by atoms with van der Waals surface area (Å²) in [4.78, 5) is 26.8. The smallest absolute Gasteiger partial charge is 0.320 e. The van der Waals surface area contributed by atoms with Gasteiger partial charge in [0.25, 0.3) is 0 Å². The van der Waals surface area contributed by atoms with Gasteiger partial charge in [-0.05, 0) is 39.0 Å². The number of hydrogen-bond donors (Lipinski definition) is 0. The van der Waals surface area contributed by atoms with Gasteiger partial charge in [0, 0.05) is 5.41 Å². The Bertz CT molecular complexity index is 514. The van der Waals surface area contributed by atoms with Crippen molar-refractivity contribution in [3.05, 3.63) is 0 Å². The molecular weight excluding hydrogens is 360 g/mol. The molecule has 1 saturated heterocycles. The summed E-state index contributed by atoms with van der Waals surface area (Å²) in [5.74, 6) is -0.472. The van der Waals surface area contributed by atoms with Crippen LogP contribution in [0.25, 0.3) is 0 Å². The van der Waals surface area contributed by atoms with Crippen LogP contribution in [-0.2, 0) is 14.3 Å². The largest absolute Gasteiger partial charge is 0.392 e. The lowest BCUT2D eigenvalue weighted by atomic mass is 9.43. The standard InChI is InChI=1S/C26H48O3/c1-7-12-15-17-20-25(19-16-13-8-2)23(28)29-22(27)24(6,11-5)26(25,18-10-4)21-14-9-3/h7-21H2,1-6H3. The van der Waals surface area contributed by atoms with Gasteiger partial charge in [0.15, 0.2) is 0 Å². The molecular formula is C26H48O3. The molecule has 0 amide bonds. The zero-order valence-corrected chi connectivity index (χ0v) is 20.3. The predicted molar refractivity (Wildman–Crippen MR) is 122 cm³/mol. The summed E-state index contributed by atoms with van der Waals surface area (Å²) in [5.41, 5.74) is -1.38. The van der Waals surface area contributed by atoms with E-state index in [9.17, 15) is 9.59 Å². The Kier molecular flexibility index (Phi) is 10.9. The van der Waals surface area contributed by atoms with E-state index in [-0.39, 0.29) is 17.4 Å². The van der Waals surface area contributed by atoms with Gasteiger partial charge in [0.05, 0.1) is 10.8 Å². The molecule has 1 heterocycles. The molecule has 1 fully saturated rings. The van der Waals surface area contributed by atoms with Crippen LogP contribution < -0.4 is 0 Å². The van der Waals surface area contributed by atoms with Gasteiger partial charge < -0.3 is 4.74 Å². The molecule has 1 aliphatic rings. The molecule has 0 aromatic heterocycles. The van der Waals surface area contributed by atoms with Crippen LogP contribution in [0.4, 0.5) is 0 Å². The highest BCUT2D eigenvalue weighted by Gasteiger charge is 2.69. The number of unbranched alkanes of at least 4 members (excludes halogenated alkanes) is 6. The van der Waals surface area contributed by atoms with Crippen LogP contribution in [0.2, 0.25) is 0 Å². The van der Waals surface area contributed by atoms with E-state index in [0.29, 0.717) is 0 Å². The Morgan fingerprint density at radius 1 is 0.621 bits per heavy atom. The van der Waals surface area contributed by atoms with Gasteiger partial charge in [-0.1, -0.05) is 98.8 Å². The van der Waals surface area contributed by atoms with E-state index >= 15 is 0 Å². The second-order valence-electron chi connectivity index (χ2n) is 9.65. The molecule has 0 spiro atoms. The van der Waals surface area contributed by atoms with E-state index < -0.39 is 10.8 Å². The molecule has 0 N–H and O–H groups in total. The molecule has 1 rings (SSSR count). The van der Waals surface area contributed by atoms with Gasteiger partial charge in [-0.25, -0.2) is 0 Å². The lowest BCUT2D eigenvalue weighted by molar-refractivity contribution is -0.219. The number of carbonyl (C=O) groups excluding carboxylic acids is 2. The highest BCUT2D eigenvalue weighted by Crippen LogP contribution is 2.66. The van der Waals surface area contributed by atoms with Gasteiger partial charge in [-0.2, -0.15) is 0 Å². The highest BCUT2D eigenvalue weighted by molar-refractivity contribution is 5.96. The first-order valence-corrected chi connectivity index (χ1v) is 12.6. The third kappa shape index (κ3) is 5.07. The van der Waals surface area contributed by atoms with E-state index in [1.165, 1.54) is 12.8 Å². The molecule has 0 saturated carbocycles. The molecule has 0 aliphatic carbocycles. The van der Waals surface area contributed by atoms with Crippen molar-refractivity contribution < 1.29 is 14.3 Å². The summed E-state index contributed by atoms with van der Waals surface area (Å²) < 4.78 is 5.60. The fourth-order valence-electron chi connectivity index (χ4n) is 6.09. The first-order chi connectivity index (χ1) is 13.9. The Morgan fingerprint density at radius 3 is 1.69 bits per heavy atom. The number of esters is 2. The summed E-state index contributed by atoms with van der Waals surface area (Å²) in [6, 6.07) is 0. The number of ether oxygens (including phenoxy) is 1. The highest BCUT2D eigenvalue weighted by atomic mass is 16.6. The number of hydrogen-bond acceptors (Lipinski definition) is 3. The molecule has 3 heteroatoms. The maximum Gasteiger partial charge on any atom is 0.320 e. The van der Waals surface area contributed by atoms with E-state index in [0.717, 1.165) is 83.5 Å². The van der Waals surface area contributed by atoms with Crippen molar-refractivity contribution in [3.63, 3.8) is 0 Å². The van der Waals surface area contributed by atoms with Crippen molar-refractivity contribution in [1.29, 1.82) is 0 Å². The van der Waals surface area contributed by atoms with Crippen LogP contribution in [0.1, 0.15) is 138 Å². The lowest BCUT2D eigenvalue weighted by Gasteiger charge is -2.60. The summed E-state index contributed by atoms with van der Waals surface area (Å²) in [6.45, 7) is 13.1. The van der Waals surface area contributed by atoms with Crippen LogP contribution in [0.15, 0.2) is 0 Å². The maximum absolute atomic E-state index is 13.6. The van der Waals surface area contributed by atoms with E-state index in [1.54, 1.807) is 0 Å². The zero-order valence-electron chi connectivity index (χ0n) is 20.3. The lowest BCUT2D eigenvalue weighted by Crippen LogP contribution is -2.64. The van der Waals surface area contributed by atoms with E-state index in [1.807, 2.05) is 0 Å². The number of cyclic esters (lactones) is 2. The van der Waals surface area contributed by atoms with E-state index in [4.69, 9.17) is 4.74 Å². The molecule has 0 radical (unpaired) electrons. The van der Waals surface area contributed by atoms with Crippen LogP contribution in [0.5, 0.6) is 0 Å². The molecule has 3 unspecified atom stereocenters.